The number of rotatable bonds is 30. The standard InChI is InChI=1S/C56H74N2O4/c1-3-5-7-9-11-13-15-17-19-21-23-25-27-29-39-57-53(59)45-35-31-41-43-33-37-47-52-48(38-34-44(50(43)52)42-32-36-46(54(57)60)51(45)49(41)42)56(62)58(55(47)61)40-30-28-26-24-22-20-18-16-14-12-10-8-6-4-2/h31-38H,3-30,39-40H2,1-2H3. The smallest absolute Gasteiger partial charge is 0.261 e. The second-order valence-electron chi connectivity index (χ2n) is 18.9. The van der Waals surface area contributed by atoms with Crippen LogP contribution in [0.1, 0.15) is 235 Å². The number of unbranched alkanes of at least 4 members (excludes halogenated alkanes) is 26. The van der Waals surface area contributed by atoms with Gasteiger partial charge >= 0.3 is 0 Å². The number of imide groups is 2. The summed E-state index contributed by atoms with van der Waals surface area (Å²) >= 11 is 0. The molecule has 0 saturated carbocycles. The Kier molecular flexibility index (Phi) is 16.8. The van der Waals surface area contributed by atoms with E-state index in [1.807, 2.05) is 48.5 Å². The van der Waals surface area contributed by atoms with Gasteiger partial charge in [0, 0.05) is 46.1 Å². The summed E-state index contributed by atoms with van der Waals surface area (Å²) in [6, 6.07) is 15.5. The van der Waals surface area contributed by atoms with Crippen molar-refractivity contribution < 1.29 is 19.2 Å². The van der Waals surface area contributed by atoms with E-state index in [0.717, 1.165) is 81.6 Å². The molecule has 332 valence electrons. The number of carbonyl (C=O) groups excluding carboxylic acids is 4. The van der Waals surface area contributed by atoms with Gasteiger partial charge in [0.2, 0.25) is 0 Å². The van der Waals surface area contributed by atoms with E-state index in [2.05, 4.69) is 13.8 Å². The van der Waals surface area contributed by atoms with Crippen molar-refractivity contribution in [3.63, 3.8) is 0 Å². The van der Waals surface area contributed by atoms with Crippen LogP contribution in [-0.4, -0.2) is 46.5 Å². The zero-order valence-corrected chi connectivity index (χ0v) is 38.4. The summed E-state index contributed by atoms with van der Waals surface area (Å²) in [5.74, 6) is -0.863. The van der Waals surface area contributed by atoms with E-state index in [-0.39, 0.29) is 23.6 Å². The highest BCUT2D eigenvalue weighted by atomic mass is 16.2. The van der Waals surface area contributed by atoms with Gasteiger partial charge in [0.15, 0.2) is 0 Å². The summed E-state index contributed by atoms with van der Waals surface area (Å²) in [6.07, 6.45) is 35.3. The second kappa shape index (κ2) is 22.9. The lowest BCUT2D eigenvalue weighted by Gasteiger charge is -2.30. The summed E-state index contributed by atoms with van der Waals surface area (Å²) in [5, 5.41) is 6.98. The Hall–Kier alpha value is -4.32. The molecule has 62 heavy (non-hydrogen) atoms. The first-order valence-electron chi connectivity index (χ1n) is 25.4. The fraction of sp³-hybridized carbons (Fsp3) is 0.571. The van der Waals surface area contributed by atoms with Crippen LogP contribution in [0.3, 0.4) is 0 Å². The first-order valence-corrected chi connectivity index (χ1v) is 25.4. The molecule has 5 aromatic rings. The predicted octanol–water partition coefficient (Wildman–Crippen LogP) is 15.9. The summed E-state index contributed by atoms with van der Waals surface area (Å²) in [6.45, 7) is 5.41. The van der Waals surface area contributed by atoms with Crippen molar-refractivity contribution in [1.82, 2.24) is 9.80 Å². The molecule has 7 rings (SSSR count). The first-order chi connectivity index (χ1) is 30.5. The van der Waals surface area contributed by atoms with Gasteiger partial charge in [-0.3, -0.25) is 29.0 Å². The molecule has 0 atom stereocenters. The van der Waals surface area contributed by atoms with Crippen LogP contribution in [0.4, 0.5) is 0 Å². The largest absolute Gasteiger partial charge is 0.274 e. The van der Waals surface area contributed by atoms with Gasteiger partial charge in [-0.2, -0.15) is 0 Å². The van der Waals surface area contributed by atoms with Crippen LogP contribution in [0, 0.1) is 0 Å². The lowest BCUT2D eigenvalue weighted by Crippen LogP contribution is -2.41. The maximum atomic E-state index is 14.0. The van der Waals surface area contributed by atoms with Gasteiger partial charge in [-0.25, -0.2) is 0 Å². The van der Waals surface area contributed by atoms with E-state index in [9.17, 15) is 19.2 Å². The summed E-state index contributed by atoms with van der Waals surface area (Å²) in [5.41, 5.74) is 2.29. The number of carbonyl (C=O) groups is 4. The quantitative estimate of drug-likeness (QED) is 0.0200. The summed E-state index contributed by atoms with van der Waals surface area (Å²) in [4.78, 5) is 59.0. The number of fused-ring (bicyclic) bond motifs is 2. The molecule has 0 unspecified atom stereocenters. The Morgan fingerprint density at radius 2 is 0.484 bits per heavy atom. The molecule has 0 N–H and O–H groups in total. The van der Waals surface area contributed by atoms with E-state index in [1.165, 1.54) is 151 Å². The lowest BCUT2D eigenvalue weighted by molar-refractivity contribution is 0.0592. The predicted molar refractivity (Wildman–Crippen MR) is 259 cm³/mol. The van der Waals surface area contributed by atoms with Crippen molar-refractivity contribution in [2.45, 2.75) is 194 Å². The molecule has 0 aromatic heterocycles. The number of hydrogen-bond donors (Lipinski definition) is 0. The Morgan fingerprint density at radius 1 is 0.274 bits per heavy atom. The molecule has 4 amide bonds. The maximum Gasteiger partial charge on any atom is 0.261 e. The fourth-order valence-electron chi connectivity index (χ4n) is 10.7. The molecule has 0 radical (unpaired) electrons. The molecular weight excluding hydrogens is 765 g/mol. The number of nitrogens with zero attached hydrogens (tertiary/aromatic N) is 2. The summed E-state index contributed by atoms with van der Waals surface area (Å²) < 4.78 is 0. The molecule has 2 aliphatic rings. The minimum Gasteiger partial charge on any atom is -0.274 e. The molecule has 2 aliphatic heterocycles. The Labute approximate surface area is 371 Å². The van der Waals surface area contributed by atoms with E-state index < -0.39 is 0 Å². The average Bonchev–Trinajstić information content (AvgIpc) is 3.28. The molecule has 0 spiro atoms. The van der Waals surface area contributed by atoms with Crippen LogP contribution >= 0.6 is 0 Å². The van der Waals surface area contributed by atoms with Crippen molar-refractivity contribution in [3.8, 4) is 0 Å². The number of hydrogen-bond acceptors (Lipinski definition) is 4. The molecular formula is C56H74N2O4. The van der Waals surface area contributed by atoms with Crippen LogP contribution in [0.2, 0.25) is 0 Å². The average molecular weight is 839 g/mol. The molecule has 0 bridgehead atoms. The van der Waals surface area contributed by atoms with E-state index in [0.29, 0.717) is 35.3 Å². The van der Waals surface area contributed by atoms with E-state index in [4.69, 9.17) is 0 Å². The van der Waals surface area contributed by atoms with Gasteiger partial charge in [-0.1, -0.05) is 205 Å². The van der Waals surface area contributed by atoms with Gasteiger partial charge < -0.3 is 0 Å². The van der Waals surface area contributed by atoms with Crippen LogP contribution in [0.5, 0.6) is 0 Å². The third-order valence-electron chi connectivity index (χ3n) is 14.3. The van der Waals surface area contributed by atoms with Crippen LogP contribution in [-0.2, 0) is 0 Å². The van der Waals surface area contributed by atoms with E-state index in [1.54, 1.807) is 0 Å². The van der Waals surface area contributed by atoms with E-state index >= 15 is 0 Å². The molecule has 0 fully saturated rings. The monoisotopic (exact) mass is 839 g/mol. The number of benzene rings is 5. The zero-order valence-electron chi connectivity index (χ0n) is 38.4. The van der Waals surface area contributed by atoms with Crippen LogP contribution in [0.15, 0.2) is 48.5 Å². The molecule has 5 aromatic carbocycles. The Morgan fingerprint density at radius 3 is 0.710 bits per heavy atom. The molecule has 6 heteroatoms. The fourth-order valence-corrected chi connectivity index (χ4v) is 10.7. The Bertz CT molecular complexity index is 2030. The highest BCUT2D eigenvalue weighted by Crippen LogP contribution is 2.46. The second-order valence-corrected chi connectivity index (χ2v) is 18.9. The maximum absolute atomic E-state index is 14.0. The SMILES string of the molecule is CCCCCCCCCCCCCCCCN1C(=O)c2ccc3c4ccc5c6c(ccc(c7ccc(c2c37)C1=O)c64)C(=O)N(CCCCCCCCCCCCCCCC)C5=O. The minimum atomic E-state index is -0.216. The van der Waals surface area contributed by atoms with Gasteiger partial charge in [-0.15, -0.1) is 0 Å². The lowest BCUT2D eigenvalue weighted by atomic mass is 9.82. The molecule has 0 saturated heterocycles. The van der Waals surface area contributed by atoms with Crippen molar-refractivity contribution in [3.05, 3.63) is 70.8 Å². The minimum absolute atomic E-state index is 0.216. The van der Waals surface area contributed by atoms with Crippen molar-refractivity contribution in [1.29, 1.82) is 0 Å². The number of amides is 4. The van der Waals surface area contributed by atoms with Crippen molar-refractivity contribution in [2.24, 2.45) is 0 Å². The molecule has 2 heterocycles. The van der Waals surface area contributed by atoms with Crippen molar-refractivity contribution in [2.75, 3.05) is 13.1 Å². The first kappa shape index (κ1) is 45.7. The van der Waals surface area contributed by atoms with Gasteiger partial charge in [0.25, 0.3) is 23.6 Å². The van der Waals surface area contributed by atoms with Crippen LogP contribution < -0.4 is 0 Å². The van der Waals surface area contributed by atoms with Crippen molar-refractivity contribution >= 4 is 66.7 Å². The molecule has 6 nitrogen and oxygen atoms in total. The normalized spacial score (nSPS) is 14.0. The highest BCUT2D eigenvalue weighted by molar-refractivity contribution is 6.41. The van der Waals surface area contributed by atoms with Crippen LogP contribution in [0.25, 0.3) is 43.1 Å². The zero-order chi connectivity index (χ0) is 43.3. The molecule has 0 aliphatic carbocycles. The topological polar surface area (TPSA) is 74.8 Å². The Balaban J connectivity index is 0.944. The van der Waals surface area contributed by atoms with Gasteiger partial charge in [0.1, 0.15) is 0 Å². The third-order valence-corrected chi connectivity index (χ3v) is 14.3. The summed E-state index contributed by atoms with van der Waals surface area (Å²) in [7, 11) is 0. The van der Waals surface area contributed by atoms with Gasteiger partial charge in [-0.05, 0) is 69.4 Å². The highest BCUT2D eigenvalue weighted by Gasteiger charge is 2.36. The third kappa shape index (κ3) is 10.2. The van der Waals surface area contributed by atoms with Gasteiger partial charge in [0.05, 0.1) is 0 Å².